The first kappa shape index (κ1) is 25.8. The lowest BCUT2D eigenvalue weighted by atomic mass is 10.1. The number of hydrogen-bond donors (Lipinski definition) is 1. The van der Waals surface area contributed by atoms with Gasteiger partial charge in [0, 0.05) is 18.3 Å². The Balaban J connectivity index is 2.10. The van der Waals surface area contributed by atoms with E-state index in [9.17, 15) is 9.59 Å². The highest BCUT2D eigenvalue weighted by Gasteiger charge is 2.26. The number of nitrogens with one attached hydrogen (secondary N) is 1. The van der Waals surface area contributed by atoms with Gasteiger partial charge in [-0.2, -0.15) is 0 Å². The first-order valence-electron chi connectivity index (χ1n) is 11.1. The molecule has 0 bridgehead atoms. The van der Waals surface area contributed by atoms with Crippen LogP contribution in [0.5, 0.6) is 5.75 Å². The van der Waals surface area contributed by atoms with Crippen LogP contribution in [0.1, 0.15) is 49.4 Å². The number of amides is 2. The third kappa shape index (κ3) is 7.90. The number of nitrogens with zero attached hydrogens (tertiary/aromatic N) is 1. The lowest BCUT2D eigenvalue weighted by molar-refractivity contribution is -0.138. The second-order valence-corrected chi connectivity index (χ2v) is 9.34. The maximum absolute atomic E-state index is 13.2. The lowest BCUT2D eigenvalue weighted by Gasteiger charge is -2.29. The van der Waals surface area contributed by atoms with Gasteiger partial charge in [-0.1, -0.05) is 48.4 Å². The van der Waals surface area contributed by atoms with Crippen molar-refractivity contribution in [3.8, 4) is 5.75 Å². The van der Waals surface area contributed by atoms with Gasteiger partial charge in [0.2, 0.25) is 11.8 Å². The summed E-state index contributed by atoms with van der Waals surface area (Å²) in [7, 11) is 1.62. The molecule has 2 aromatic rings. The van der Waals surface area contributed by atoms with Crippen molar-refractivity contribution in [2.24, 2.45) is 0 Å². The van der Waals surface area contributed by atoms with E-state index in [1.54, 1.807) is 30.7 Å². The minimum atomic E-state index is -0.555. The van der Waals surface area contributed by atoms with E-state index >= 15 is 0 Å². The molecule has 2 amide bonds. The molecule has 0 saturated heterocycles. The first-order valence-corrected chi connectivity index (χ1v) is 12.3. The van der Waals surface area contributed by atoms with Gasteiger partial charge in [0.15, 0.2) is 0 Å². The molecule has 5 nitrogen and oxygen atoms in total. The molecule has 0 saturated carbocycles. The van der Waals surface area contributed by atoms with Crippen LogP contribution in [0.2, 0.25) is 0 Å². The summed E-state index contributed by atoms with van der Waals surface area (Å²) >= 11 is 1.58. The van der Waals surface area contributed by atoms with Crippen molar-refractivity contribution in [1.82, 2.24) is 10.2 Å². The van der Waals surface area contributed by atoms with Gasteiger partial charge >= 0.3 is 0 Å². The van der Waals surface area contributed by atoms with Gasteiger partial charge in [0.25, 0.3) is 0 Å². The molecule has 0 radical (unpaired) electrons. The number of ether oxygens (including phenoxy) is 1. The zero-order valence-electron chi connectivity index (χ0n) is 20.1. The van der Waals surface area contributed by atoms with E-state index in [0.29, 0.717) is 12.3 Å². The lowest BCUT2D eigenvalue weighted by Crippen LogP contribution is -2.50. The van der Waals surface area contributed by atoms with E-state index in [1.807, 2.05) is 38.1 Å². The summed E-state index contributed by atoms with van der Waals surface area (Å²) in [6, 6.07) is 13.6. The SMILES string of the molecule is CC[C@@H](C)NC(=O)[C@H](C)N(Cc1ccc(OC)cc1)C(=O)CSCc1cc(C)cc(C)c1. The van der Waals surface area contributed by atoms with Crippen LogP contribution in [0.15, 0.2) is 42.5 Å². The van der Waals surface area contributed by atoms with Crippen LogP contribution >= 0.6 is 11.8 Å². The Morgan fingerprint density at radius 2 is 1.66 bits per heavy atom. The highest BCUT2D eigenvalue weighted by atomic mass is 32.2. The van der Waals surface area contributed by atoms with Crippen molar-refractivity contribution in [3.05, 3.63) is 64.7 Å². The minimum Gasteiger partial charge on any atom is -0.497 e. The van der Waals surface area contributed by atoms with Gasteiger partial charge in [-0.3, -0.25) is 9.59 Å². The van der Waals surface area contributed by atoms with Crippen molar-refractivity contribution in [2.75, 3.05) is 12.9 Å². The van der Waals surface area contributed by atoms with Crippen LogP contribution in [-0.4, -0.2) is 41.7 Å². The second-order valence-electron chi connectivity index (χ2n) is 8.35. The summed E-state index contributed by atoms with van der Waals surface area (Å²) in [6.07, 6.45) is 0.844. The van der Waals surface area contributed by atoms with Gasteiger partial charge in [-0.25, -0.2) is 0 Å². The molecule has 2 rings (SSSR count). The third-order valence-electron chi connectivity index (χ3n) is 5.46. The molecule has 0 fully saturated rings. The van der Waals surface area contributed by atoms with Crippen molar-refractivity contribution in [1.29, 1.82) is 0 Å². The third-order valence-corrected chi connectivity index (χ3v) is 6.44. The number of methoxy groups -OCH3 is 1. The van der Waals surface area contributed by atoms with E-state index in [0.717, 1.165) is 23.5 Å². The number of hydrogen-bond acceptors (Lipinski definition) is 4. The molecule has 0 aliphatic rings. The fourth-order valence-corrected chi connectivity index (χ4v) is 4.31. The molecule has 0 aliphatic carbocycles. The van der Waals surface area contributed by atoms with Gasteiger partial charge in [0.1, 0.15) is 11.8 Å². The fraction of sp³-hybridized carbons (Fsp3) is 0.462. The number of benzene rings is 2. The number of carbonyl (C=O) groups excluding carboxylic acids is 2. The molecule has 0 spiro atoms. The zero-order chi connectivity index (χ0) is 23.7. The molecule has 0 aliphatic heterocycles. The summed E-state index contributed by atoms with van der Waals surface area (Å²) in [5, 5.41) is 3.00. The summed E-state index contributed by atoms with van der Waals surface area (Å²) in [5.41, 5.74) is 4.62. The number of rotatable bonds is 11. The summed E-state index contributed by atoms with van der Waals surface area (Å²) in [6.45, 7) is 10.3. The Labute approximate surface area is 196 Å². The maximum Gasteiger partial charge on any atom is 0.242 e. The summed E-state index contributed by atoms with van der Waals surface area (Å²) in [4.78, 5) is 27.7. The molecule has 1 N–H and O–H groups in total. The molecule has 0 aromatic heterocycles. The topological polar surface area (TPSA) is 58.6 Å². The Morgan fingerprint density at radius 1 is 1.03 bits per heavy atom. The summed E-state index contributed by atoms with van der Waals surface area (Å²) in [5.74, 6) is 1.68. The average Bonchev–Trinajstić information content (AvgIpc) is 2.76. The van der Waals surface area contributed by atoms with Crippen LogP contribution in [-0.2, 0) is 21.9 Å². The standard InChI is InChI=1S/C26H36N2O3S/c1-7-20(4)27-26(30)21(5)28(15-22-8-10-24(31-6)11-9-22)25(29)17-32-16-23-13-18(2)12-19(3)14-23/h8-14,20-21H,7,15-17H2,1-6H3,(H,27,30)/t20-,21+/m1/s1. The molecule has 2 aromatic carbocycles. The van der Waals surface area contributed by atoms with Crippen LogP contribution in [0.25, 0.3) is 0 Å². The van der Waals surface area contributed by atoms with Crippen LogP contribution < -0.4 is 10.1 Å². The molecular weight excluding hydrogens is 420 g/mol. The van der Waals surface area contributed by atoms with Crippen LogP contribution in [0.3, 0.4) is 0 Å². The summed E-state index contributed by atoms with van der Waals surface area (Å²) < 4.78 is 5.23. The minimum absolute atomic E-state index is 0.0398. The van der Waals surface area contributed by atoms with Crippen molar-refractivity contribution in [2.45, 2.75) is 65.4 Å². The number of aryl methyl sites for hydroxylation is 2. The monoisotopic (exact) mass is 456 g/mol. The predicted molar refractivity (Wildman–Crippen MR) is 133 cm³/mol. The molecule has 32 heavy (non-hydrogen) atoms. The van der Waals surface area contributed by atoms with Crippen LogP contribution in [0, 0.1) is 13.8 Å². The maximum atomic E-state index is 13.2. The van der Waals surface area contributed by atoms with E-state index < -0.39 is 6.04 Å². The number of carbonyl (C=O) groups is 2. The number of thioether (sulfide) groups is 1. The van der Waals surface area contributed by atoms with Crippen molar-refractivity contribution >= 4 is 23.6 Å². The fourth-order valence-electron chi connectivity index (χ4n) is 3.47. The van der Waals surface area contributed by atoms with Crippen LogP contribution in [0.4, 0.5) is 0 Å². The predicted octanol–water partition coefficient (Wildman–Crippen LogP) is 4.88. The highest BCUT2D eigenvalue weighted by molar-refractivity contribution is 7.99. The average molecular weight is 457 g/mol. The van der Waals surface area contributed by atoms with Crippen molar-refractivity contribution < 1.29 is 14.3 Å². The van der Waals surface area contributed by atoms with E-state index in [-0.39, 0.29) is 17.9 Å². The van der Waals surface area contributed by atoms with E-state index in [1.165, 1.54) is 16.7 Å². The Bertz CT molecular complexity index is 878. The van der Waals surface area contributed by atoms with E-state index in [2.05, 4.69) is 37.4 Å². The zero-order valence-corrected chi connectivity index (χ0v) is 20.9. The largest absolute Gasteiger partial charge is 0.497 e. The molecule has 174 valence electrons. The molecule has 2 atom stereocenters. The Morgan fingerprint density at radius 3 is 2.22 bits per heavy atom. The molecule has 6 heteroatoms. The van der Waals surface area contributed by atoms with E-state index in [4.69, 9.17) is 4.74 Å². The molecule has 0 unspecified atom stereocenters. The van der Waals surface area contributed by atoms with Crippen molar-refractivity contribution in [3.63, 3.8) is 0 Å². The normalized spacial score (nSPS) is 12.7. The van der Waals surface area contributed by atoms with Gasteiger partial charge < -0.3 is 15.0 Å². The Kier molecular flexibility index (Phi) is 10.1. The van der Waals surface area contributed by atoms with Gasteiger partial charge in [0.05, 0.1) is 12.9 Å². The molecule has 0 heterocycles. The van der Waals surface area contributed by atoms with Gasteiger partial charge in [-0.15, -0.1) is 11.8 Å². The second kappa shape index (κ2) is 12.5. The molecular formula is C26H36N2O3S. The smallest absolute Gasteiger partial charge is 0.242 e. The first-order chi connectivity index (χ1) is 15.2. The quantitative estimate of drug-likeness (QED) is 0.524. The van der Waals surface area contributed by atoms with Gasteiger partial charge in [-0.05, 0) is 57.4 Å². The highest BCUT2D eigenvalue weighted by Crippen LogP contribution is 2.19. The Hall–Kier alpha value is -2.47.